The highest BCUT2D eigenvalue weighted by atomic mass is 35.5. The Morgan fingerprint density at radius 2 is 1.65 bits per heavy atom. The van der Waals surface area contributed by atoms with Crippen molar-refractivity contribution in [3.8, 4) is 0 Å². The van der Waals surface area contributed by atoms with Crippen LogP contribution in [0, 0.1) is 0 Å². The highest BCUT2D eigenvalue weighted by Crippen LogP contribution is 2.25. The van der Waals surface area contributed by atoms with E-state index >= 15 is 0 Å². The Hall–Kier alpha value is -2.04. The summed E-state index contributed by atoms with van der Waals surface area (Å²) in [6, 6.07) is 11.7. The minimum absolute atomic E-state index is 0.102. The molecule has 23 heavy (non-hydrogen) atoms. The molecule has 0 atom stereocenters. The van der Waals surface area contributed by atoms with Crippen molar-refractivity contribution in [2.45, 2.75) is 19.8 Å². The summed E-state index contributed by atoms with van der Waals surface area (Å²) >= 11 is 11.9. The van der Waals surface area contributed by atoms with Gasteiger partial charge >= 0.3 is 0 Å². The van der Waals surface area contributed by atoms with Gasteiger partial charge < -0.3 is 10.6 Å². The molecule has 4 nitrogen and oxygen atoms in total. The Morgan fingerprint density at radius 1 is 1.00 bits per heavy atom. The zero-order chi connectivity index (χ0) is 16.8. The second-order valence-corrected chi connectivity index (χ2v) is 5.77. The van der Waals surface area contributed by atoms with Crippen LogP contribution >= 0.6 is 23.2 Å². The lowest BCUT2D eigenvalue weighted by Gasteiger charge is -2.12. The van der Waals surface area contributed by atoms with Crippen LogP contribution in [0.1, 0.15) is 30.1 Å². The van der Waals surface area contributed by atoms with Gasteiger partial charge in [-0.3, -0.25) is 9.59 Å². The number of nitrogens with one attached hydrogen (secondary N) is 2. The molecule has 2 amide bonds. The van der Waals surface area contributed by atoms with Gasteiger partial charge in [0, 0.05) is 11.4 Å². The molecule has 0 aliphatic rings. The fourth-order valence-corrected chi connectivity index (χ4v) is 2.38. The van der Waals surface area contributed by atoms with Crippen molar-refractivity contribution < 1.29 is 9.59 Å². The highest BCUT2D eigenvalue weighted by molar-refractivity contribution is 6.36. The SMILES string of the molecule is CCCC(=O)Nc1ccccc1NC(=O)c1cc(Cl)ccc1Cl. The van der Waals surface area contributed by atoms with E-state index in [0.29, 0.717) is 27.8 Å². The number of amides is 2. The first-order chi connectivity index (χ1) is 11.0. The van der Waals surface area contributed by atoms with Crippen molar-refractivity contribution in [3.05, 3.63) is 58.1 Å². The van der Waals surface area contributed by atoms with E-state index in [0.717, 1.165) is 6.42 Å². The Morgan fingerprint density at radius 3 is 2.30 bits per heavy atom. The summed E-state index contributed by atoms with van der Waals surface area (Å²) in [6.45, 7) is 1.93. The Labute approximate surface area is 144 Å². The average Bonchev–Trinajstić information content (AvgIpc) is 2.51. The molecule has 120 valence electrons. The normalized spacial score (nSPS) is 10.2. The summed E-state index contributed by atoms with van der Waals surface area (Å²) in [5.74, 6) is -0.496. The number of hydrogen-bond donors (Lipinski definition) is 2. The second kappa shape index (κ2) is 7.99. The third-order valence-corrected chi connectivity index (χ3v) is 3.66. The van der Waals surface area contributed by atoms with Crippen LogP contribution in [0.5, 0.6) is 0 Å². The molecule has 6 heteroatoms. The van der Waals surface area contributed by atoms with E-state index in [1.54, 1.807) is 36.4 Å². The maximum Gasteiger partial charge on any atom is 0.257 e. The molecule has 0 saturated heterocycles. The number of rotatable bonds is 5. The van der Waals surface area contributed by atoms with Gasteiger partial charge in [0.2, 0.25) is 5.91 Å². The first kappa shape index (κ1) is 17.3. The molecule has 0 saturated carbocycles. The van der Waals surface area contributed by atoms with E-state index in [-0.39, 0.29) is 11.5 Å². The quantitative estimate of drug-likeness (QED) is 0.798. The highest BCUT2D eigenvalue weighted by Gasteiger charge is 2.14. The lowest BCUT2D eigenvalue weighted by Crippen LogP contribution is -2.16. The van der Waals surface area contributed by atoms with Gasteiger partial charge in [0.25, 0.3) is 5.91 Å². The summed E-state index contributed by atoms with van der Waals surface area (Å²) in [7, 11) is 0. The van der Waals surface area contributed by atoms with Crippen LogP contribution in [-0.2, 0) is 4.79 Å². The first-order valence-corrected chi connectivity index (χ1v) is 7.92. The summed E-state index contributed by atoms with van der Waals surface area (Å²) in [6.07, 6.45) is 1.17. The fraction of sp³-hybridized carbons (Fsp3) is 0.176. The van der Waals surface area contributed by atoms with Gasteiger partial charge in [-0.25, -0.2) is 0 Å². The maximum absolute atomic E-state index is 12.4. The summed E-state index contributed by atoms with van der Waals surface area (Å²) < 4.78 is 0. The van der Waals surface area contributed by atoms with E-state index < -0.39 is 5.91 Å². The molecule has 2 rings (SSSR count). The van der Waals surface area contributed by atoms with Gasteiger partial charge in [-0.2, -0.15) is 0 Å². The van der Waals surface area contributed by atoms with Crippen molar-refractivity contribution in [3.63, 3.8) is 0 Å². The van der Waals surface area contributed by atoms with Crippen LogP contribution in [0.25, 0.3) is 0 Å². The van der Waals surface area contributed by atoms with Gasteiger partial charge in [0.05, 0.1) is 22.0 Å². The molecule has 0 spiro atoms. The predicted octanol–water partition coefficient (Wildman–Crippen LogP) is 4.98. The smallest absolute Gasteiger partial charge is 0.257 e. The third kappa shape index (κ3) is 4.71. The van der Waals surface area contributed by atoms with Crippen molar-refractivity contribution in [2.24, 2.45) is 0 Å². The molecule has 0 bridgehead atoms. The van der Waals surface area contributed by atoms with Gasteiger partial charge in [0.15, 0.2) is 0 Å². The molecular weight excluding hydrogens is 335 g/mol. The number of carbonyl (C=O) groups is 2. The van der Waals surface area contributed by atoms with Crippen LogP contribution in [0.4, 0.5) is 11.4 Å². The van der Waals surface area contributed by atoms with Gasteiger partial charge in [-0.05, 0) is 36.8 Å². The number of anilines is 2. The van der Waals surface area contributed by atoms with Gasteiger partial charge in [-0.15, -0.1) is 0 Å². The lowest BCUT2D eigenvalue weighted by atomic mass is 10.2. The van der Waals surface area contributed by atoms with Crippen LogP contribution < -0.4 is 10.6 Å². The second-order valence-electron chi connectivity index (χ2n) is 4.92. The molecule has 0 heterocycles. The molecule has 0 aliphatic heterocycles. The topological polar surface area (TPSA) is 58.2 Å². The summed E-state index contributed by atoms with van der Waals surface area (Å²) in [5, 5.41) is 6.25. The number of benzene rings is 2. The van der Waals surface area contributed by atoms with Crippen LogP contribution in [0.2, 0.25) is 10.0 Å². The third-order valence-electron chi connectivity index (χ3n) is 3.10. The van der Waals surface area contributed by atoms with Gasteiger partial charge in [-0.1, -0.05) is 42.3 Å². The largest absolute Gasteiger partial charge is 0.324 e. The first-order valence-electron chi connectivity index (χ1n) is 7.16. The van der Waals surface area contributed by atoms with Crippen LogP contribution in [0.3, 0.4) is 0 Å². The van der Waals surface area contributed by atoms with Crippen molar-refractivity contribution in [2.75, 3.05) is 10.6 Å². The van der Waals surface area contributed by atoms with E-state index in [2.05, 4.69) is 10.6 Å². The monoisotopic (exact) mass is 350 g/mol. The number of carbonyl (C=O) groups excluding carboxylic acids is 2. The number of para-hydroxylation sites is 2. The number of hydrogen-bond acceptors (Lipinski definition) is 2. The van der Waals surface area contributed by atoms with E-state index in [4.69, 9.17) is 23.2 Å². The van der Waals surface area contributed by atoms with Gasteiger partial charge in [0.1, 0.15) is 0 Å². The Balaban J connectivity index is 2.21. The summed E-state index contributed by atoms with van der Waals surface area (Å²) in [5.41, 5.74) is 1.31. The van der Waals surface area contributed by atoms with Crippen molar-refractivity contribution in [1.82, 2.24) is 0 Å². The van der Waals surface area contributed by atoms with E-state index in [1.807, 2.05) is 6.92 Å². The van der Waals surface area contributed by atoms with E-state index in [1.165, 1.54) is 6.07 Å². The Bertz CT molecular complexity index is 732. The van der Waals surface area contributed by atoms with E-state index in [9.17, 15) is 9.59 Å². The zero-order valence-corrected chi connectivity index (χ0v) is 14.0. The standard InChI is InChI=1S/C17H16Cl2N2O2/c1-2-5-16(22)20-14-6-3-4-7-15(14)21-17(23)12-10-11(18)8-9-13(12)19/h3-4,6-10H,2,5H2,1H3,(H,20,22)(H,21,23). The van der Waals surface area contributed by atoms with Crippen LogP contribution in [-0.4, -0.2) is 11.8 Å². The predicted molar refractivity (Wildman–Crippen MR) is 94.4 cm³/mol. The molecular formula is C17H16Cl2N2O2. The lowest BCUT2D eigenvalue weighted by molar-refractivity contribution is -0.116. The molecule has 0 aliphatic carbocycles. The van der Waals surface area contributed by atoms with Crippen LogP contribution in [0.15, 0.2) is 42.5 Å². The molecule has 0 unspecified atom stereocenters. The molecule has 2 aromatic carbocycles. The molecule has 2 N–H and O–H groups in total. The average molecular weight is 351 g/mol. The maximum atomic E-state index is 12.4. The van der Waals surface area contributed by atoms with Crippen molar-refractivity contribution in [1.29, 1.82) is 0 Å². The Kier molecular flexibility index (Phi) is 6.02. The minimum Gasteiger partial charge on any atom is -0.324 e. The molecule has 0 fully saturated rings. The fourth-order valence-electron chi connectivity index (χ4n) is 2.00. The van der Waals surface area contributed by atoms with Crippen molar-refractivity contribution >= 4 is 46.4 Å². The zero-order valence-electron chi connectivity index (χ0n) is 12.5. The minimum atomic E-state index is -0.394. The number of halogens is 2. The summed E-state index contributed by atoms with van der Waals surface area (Å²) in [4.78, 5) is 24.1. The molecule has 0 radical (unpaired) electrons. The molecule has 2 aromatic rings. The molecule has 0 aromatic heterocycles.